The molecule has 0 atom stereocenters. The van der Waals surface area contributed by atoms with Crippen LogP contribution in [0, 0.1) is 13.8 Å². The molecule has 3 aromatic heterocycles. The van der Waals surface area contributed by atoms with E-state index in [-0.39, 0.29) is 17.4 Å². The van der Waals surface area contributed by atoms with Gasteiger partial charge in [0.05, 0.1) is 31.0 Å². The van der Waals surface area contributed by atoms with E-state index in [4.69, 9.17) is 20.2 Å². The zero-order valence-electron chi connectivity index (χ0n) is 27.9. The number of nitrogens with two attached hydrogens (primary N) is 1. The van der Waals surface area contributed by atoms with Gasteiger partial charge in [-0.1, -0.05) is 12.2 Å². The molecule has 0 unspecified atom stereocenters. The normalized spacial score (nSPS) is 13.7. The number of anilines is 2. The number of pyridine rings is 1. The SMILES string of the molecule is CCn1nc(C)cc1C(=O)Nc1nc2cc(C(N)=O)cc(OCCCN3CCOCC3)c2n1C/C=C/CN(C)c1ncc(C=O)cc1C. The Morgan fingerprint density at radius 1 is 1.15 bits per heavy atom. The highest BCUT2D eigenvalue weighted by molar-refractivity contribution is 6.04. The molecule has 0 bridgehead atoms. The van der Waals surface area contributed by atoms with E-state index < -0.39 is 5.91 Å². The van der Waals surface area contributed by atoms with E-state index in [2.05, 4.69) is 20.3 Å². The van der Waals surface area contributed by atoms with Gasteiger partial charge < -0.3 is 24.7 Å². The van der Waals surface area contributed by atoms with Crippen LogP contribution >= 0.6 is 0 Å². The number of amides is 2. The van der Waals surface area contributed by atoms with Crippen LogP contribution in [0.1, 0.15) is 55.8 Å². The van der Waals surface area contributed by atoms with Gasteiger partial charge in [-0.3, -0.25) is 29.3 Å². The van der Waals surface area contributed by atoms with Gasteiger partial charge in [-0.15, -0.1) is 0 Å². The van der Waals surface area contributed by atoms with Crippen molar-refractivity contribution in [1.29, 1.82) is 0 Å². The Balaban J connectivity index is 1.44. The molecule has 5 rings (SSSR count). The van der Waals surface area contributed by atoms with Gasteiger partial charge in [0.25, 0.3) is 5.91 Å². The van der Waals surface area contributed by atoms with Crippen molar-refractivity contribution in [2.45, 2.75) is 40.3 Å². The molecule has 14 nitrogen and oxygen atoms in total. The number of rotatable bonds is 15. The summed E-state index contributed by atoms with van der Waals surface area (Å²) in [6.07, 6.45) is 7.06. The van der Waals surface area contributed by atoms with E-state index in [0.29, 0.717) is 54.3 Å². The van der Waals surface area contributed by atoms with E-state index in [9.17, 15) is 14.4 Å². The fraction of sp³-hybridized carbons (Fsp3) is 0.412. The number of hydrogen-bond donors (Lipinski definition) is 2. The van der Waals surface area contributed by atoms with E-state index >= 15 is 0 Å². The lowest BCUT2D eigenvalue weighted by atomic mass is 10.1. The molecule has 0 spiro atoms. The monoisotopic (exact) mass is 657 g/mol. The van der Waals surface area contributed by atoms with Crippen LogP contribution in [0.3, 0.4) is 0 Å². The number of hydrogen-bond acceptors (Lipinski definition) is 10. The fourth-order valence-electron chi connectivity index (χ4n) is 5.74. The topological polar surface area (TPSA) is 163 Å². The van der Waals surface area contributed by atoms with E-state index in [1.165, 1.54) is 0 Å². The summed E-state index contributed by atoms with van der Waals surface area (Å²) in [5.74, 6) is 0.537. The molecular weight excluding hydrogens is 614 g/mol. The van der Waals surface area contributed by atoms with Crippen molar-refractivity contribution < 1.29 is 23.9 Å². The van der Waals surface area contributed by atoms with Gasteiger partial charge in [0.1, 0.15) is 22.8 Å². The Kier molecular flexibility index (Phi) is 11.2. The molecule has 254 valence electrons. The predicted molar refractivity (Wildman–Crippen MR) is 183 cm³/mol. The third-order valence-corrected chi connectivity index (χ3v) is 8.13. The van der Waals surface area contributed by atoms with Gasteiger partial charge in [0, 0.05) is 63.6 Å². The average Bonchev–Trinajstić information content (AvgIpc) is 3.64. The zero-order chi connectivity index (χ0) is 34.2. The van der Waals surface area contributed by atoms with Gasteiger partial charge in [0.15, 0.2) is 6.29 Å². The van der Waals surface area contributed by atoms with Crippen molar-refractivity contribution in [3.8, 4) is 5.75 Å². The second-order valence-electron chi connectivity index (χ2n) is 11.7. The number of nitrogens with one attached hydrogen (secondary N) is 1. The molecule has 0 radical (unpaired) electrons. The standard InChI is InChI=1S/C34H43N9O5/c1-5-43-28(18-24(3)39-43)33(46)38-34-37-27-19-26(31(35)45)20-29(48-14-8-10-41-12-15-47-16-13-41)30(27)42(34)11-7-6-9-40(4)32-23(2)17-25(22-44)21-36-32/h6-7,17-22H,5,8-16H2,1-4H3,(H2,35,45)(H,37,38,46)/b7-6+. The lowest BCUT2D eigenvalue weighted by Gasteiger charge is -2.26. The lowest BCUT2D eigenvalue weighted by molar-refractivity contribution is 0.0358. The molecule has 0 saturated carbocycles. The van der Waals surface area contributed by atoms with Crippen LogP contribution in [0.15, 0.2) is 42.6 Å². The number of allylic oxidation sites excluding steroid dienone is 1. The van der Waals surface area contributed by atoms with E-state index in [1.807, 2.05) is 49.4 Å². The van der Waals surface area contributed by atoms with Crippen molar-refractivity contribution in [1.82, 2.24) is 29.2 Å². The van der Waals surface area contributed by atoms with Crippen molar-refractivity contribution in [2.24, 2.45) is 5.73 Å². The molecular formula is C34H43N9O5. The Morgan fingerprint density at radius 2 is 1.94 bits per heavy atom. The summed E-state index contributed by atoms with van der Waals surface area (Å²) in [6.45, 7) is 11.5. The number of benzene rings is 1. The second-order valence-corrected chi connectivity index (χ2v) is 11.7. The van der Waals surface area contributed by atoms with Crippen LogP contribution in [-0.4, -0.2) is 100 Å². The number of ether oxygens (including phenoxy) is 2. The maximum Gasteiger partial charge on any atom is 0.276 e. The molecule has 1 fully saturated rings. The number of imidazole rings is 1. The third kappa shape index (κ3) is 8.06. The summed E-state index contributed by atoms with van der Waals surface area (Å²) in [4.78, 5) is 50.5. The molecule has 1 aliphatic heterocycles. The summed E-state index contributed by atoms with van der Waals surface area (Å²) in [7, 11) is 1.92. The fourth-order valence-corrected chi connectivity index (χ4v) is 5.74. The van der Waals surface area contributed by atoms with E-state index in [0.717, 1.165) is 62.6 Å². The van der Waals surface area contributed by atoms with Crippen molar-refractivity contribution >= 4 is 40.9 Å². The minimum absolute atomic E-state index is 0.258. The molecule has 2 amide bonds. The number of primary amides is 1. The Morgan fingerprint density at radius 3 is 2.65 bits per heavy atom. The highest BCUT2D eigenvalue weighted by Crippen LogP contribution is 2.31. The smallest absolute Gasteiger partial charge is 0.276 e. The maximum absolute atomic E-state index is 13.5. The molecule has 4 aromatic rings. The number of aryl methyl sites for hydroxylation is 3. The molecule has 14 heteroatoms. The molecule has 1 saturated heterocycles. The summed E-state index contributed by atoms with van der Waals surface area (Å²) >= 11 is 0. The number of morpholine rings is 1. The number of nitrogens with zero attached hydrogens (tertiary/aromatic N) is 7. The summed E-state index contributed by atoms with van der Waals surface area (Å²) < 4.78 is 15.2. The zero-order valence-corrected chi connectivity index (χ0v) is 27.9. The van der Waals surface area contributed by atoms with Gasteiger partial charge in [0.2, 0.25) is 11.9 Å². The predicted octanol–water partition coefficient (Wildman–Crippen LogP) is 3.22. The van der Waals surface area contributed by atoms with Crippen molar-refractivity contribution in [3.05, 3.63) is 70.7 Å². The van der Waals surface area contributed by atoms with Crippen LogP contribution in [0.4, 0.5) is 11.8 Å². The van der Waals surface area contributed by atoms with Crippen molar-refractivity contribution in [3.63, 3.8) is 0 Å². The maximum atomic E-state index is 13.5. The Bertz CT molecular complexity index is 1810. The van der Waals surface area contributed by atoms with Gasteiger partial charge in [-0.2, -0.15) is 5.10 Å². The van der Waals surface area contributed by atoms with Crippen LogP contribution in [0.5, 0.6) is 5.75 Å². The minimum atomic E-state index is -0.606. The first kappa shape index (κ1) is 34.3. The number of fused-ring (bicyclic) bond motifs is 1. The molecule has 1 aromatic carbocycles. The molecule has 48 heavy (non-hydrogen) atoms. The number of carbonyl (C=O) groups is 3. The number of carbonyl (C=O) groups excluding carboxylic acids is 3. The first-order valence-electron chi connectivity index (χ1n) is 16.1. The quantitative estimate of drug-likeness (QED) is 0.110. The summed E-state index contributed by atoms with van der Waals surface area (Å²) in [5.41, 5.74) is 9.60. The minimum Gasteiger partial charge on any atom is -0.491 e. The van der Waals surface area contributed by atoms with Gasteiger partial charge in [-0.05, 0) is 57.0 Å². The van der Waals surface area contributed by atoms with Crippen molar-refractivity contribution in [2.75, 3.05) is 63.3 Å². The first-order valence-corrected chi connectivity index (χ1v) is 16.1. The molecule has 0 aliphatic carbocycles. The largest absolute Gasteiger partial charge is 0.491 e. The number of likely N-dealkylation sites (N-methyl/N-ethyl adjacent to an activating group) is 1. The highest BCUT2D eigenvalue weighted by Gasteiger charge is 2.22. The number of aldehydes is 1. The van der Waals surface area contributed by atoms with Crippen LogP contribution in [0.2, 0.25) is 0 Å². The van der Waals surface area contributed by atoms with Gasteiger partial charge >= 0.3 is 0 Å². The second kappa shape index (κ2) is 15.7. The van der Waals surface area contributed by atoms with Crippen LogP contribution < -0.4 is 20.7 Å². The Hall–Kier alpha value is -5.08. The average molecular weight is 658 g/mol. The van der Waals surface area contributed by atoms with Crippen LogP contribution in [0.25, 0.3) is 11.0 Å². The lowest BCUT2D eigenvalue weighted by Crippen LogP contribution is -2.37. The molecule has 3 N–H and O–H groups in total. The highest BCUT2D eigenvalue weighted by atomic mass is 16.5. The number of aromatic nitrogens is 5. The molecule has 4 heterocycles. The summed E-state index contributed by atoms with van der Waals surface area (Å²) in [6, 6.07) is 6.78. The van der Waals surface area contributed by atoms with Gasteiger partial charge in [-0.25, -0.2) is 9.97 Å². The van der Waals surface area contributed by atoms with Crippen LogP contribution in [-0.2, 0) is 17.8 Å². The molecule has 1 aliphatic rings. The first-order chi connectivity index (χ1) is 23.2. The summed E-state index contributed by atoms with van der Waals surface area (Å²) in [5, 5.41) is 7.37. The Labute approximate surface area is 279 Å². The van der Waals surface area contributed by atoms with E-state index in [1.54, 1.807) is 35.1 Å². The third-order valence-electron chi connectivity index (χ3n) is 8.13.